The van der Waals surface area contributed by atoms with E-state index >= 15 is 0 Å². The molecule has 1 heterocycles. The molecule has 0 unspecified atom stereocenters. The monoisotopic (exact) mass is 382 g/mol. The number of hydrogen-bond acceptors (Lipinski definition) is 2. The van der Waals surface area contributed by atoms with Gasteiger partial charge >= 0.3 is 5.69 Å². The van der Waals surface area contributed by atoms with Crippen LogP contribution in [0.1, 0.15) is 5.56 Å². The molecule has 0 spiro atoms. The number of fused-ring (bicyclic) bond motifs is 1. The molecule has 0 radical (unpaired) electrons. The third-order valence-corrected chi connectivity index (χ3v) is 5.10. The third kappa shape index (κ3) is 3.28. The molecule has 136 valence electrons. The van der Waals surface area contributed by atoms with Crippen LogP contribution in [0.2, 0.25) is 0 Å². The topological polar surface area (TPSA) is 48.6 Å². The highest BCUT2D eigenvalue weighted by atomic mass is 32.2. The number of rotatable bonds is 4. The number of hydrogen-bond donors (Lipinski definition) is 2. The van der Waals surface area contributed by atoms with Gasteiger partial charge in [0.05, 0.1) is 11.1 Å². The number of H-pyrrole nitrogens is 2. The SMILES string of the molecule is CSCc1ccc(-c2ccc(-c3c(F)cc4[nH]c(=O)[nH]c4c3F)cc2)cc1. The molecule has 6 heteroatoms. The predicted molar refractivity (Wildman–Crippen MR) is 107 cm³/mol. The van der Waals surface area contributed by atoms with E-state index in [1.165, 1.54) is 5.56 Å². The average Bonchev–Trinajstić information content (AvgIpc) is 3.04. The first-order valence-corrected chi connectivity index (χ1v) is 9.75. The van der Waals surface area contributed by atoms with Crippen molar-refractivity contribution in [3.8, 4) is 22.3 Å². The van der Waals surface area contributed by atoms with Gasteiger partial charge in [0.2, 0.25) is 0 Å². The van der Waals surface area contributed by atoms with Crippen molar-refractivity contribution < 1.29 is 8.78 Å². The van der Waals surface area contributed by atoms with Gasteiger partial charge in [0.25, 0.3) is 0 Å². The molecule has 0 bridgehead atoms. The van der Waals surface area contributed by atoms with E-state index in [0.29, 0.717) is 5.56 Å². The second-order valence-corrected chi connectivity index (χ2v) is 7.12. The summed E-state index contributed by atoms with van der Waals surface area (Å²) in [6.45, 7) is 0. The molecule has 0 aliphatic heterocycles. The summed E-state index contributed by atoms with van der Waals surface area (Å²) in [5, 5.41) is 0. The summed E-state index contributed by atoms with van der Waals surface area (Å²) in [5.41, 5.74) is 3.03. The van der Waals surface area contributed by atoms with E-state index in [0.717, 1.165) is 22.9 Å². The van der Waals surface area contributed by atoms with E-state index in [1.807, 2.05) is 24.3 Å². The summed E-state index contributed by atoms with van der Waals surface area (Å²) in [6.07, 6.45) is 2.06. The van der Waals surface area contributed by atoms with Crippen LogP contribution in [0.3, 0.4) is 0 Å². The standard InChI is InChI=1S/C21H16F2N2OS/c1-27-11-12-2-4-13(5-3-12)14-6-8-15(9-7-14)18-16(22)10-17-20(19(18)23)25-21(26)24-17/h2-10H,11H2,1H3,(H2,24,25,26). The zero-order chi connectivity index (χ0) is 19.0. The fraction of sp³-hybridized carbons (Fsp3) is 0.0952. The fourth-order valence-corrected chi connectivity index (χ4v) is 3.69. The smallest absolute Gasteiger partial charge is 0.306 e. The summed E-state index contributed by atoms with van der Waals surface area (Å²) in [6, 6.07) is 16.4. The first-order chi connectivity index (χ1) is 13.1. The highest BCUT2D eigenvalue weighted by Crippen LogP contribution is 2.32. The lowest BCUT2D eigenvalue weighted by Crippen LogP contribution is -1.99. The van der Waals surface area contributed by atoms with E-state index in [9.17, 15) is 13.6 Å². The number of thioether (sulfide) groups is 1. The minimum Gasteiger partial charge on any atom is -0.306 e. The van der Waals surface area contributed by atoms with Gasteiger partial charge in [-0.1, -0.05) is 48.5 Å². The first kappa shape index (κ1) is 17.5. The van der Waals surface area contributed by atoms with Crippen LogP contribution < -0.4 is 5.69 Å². The zero-order valence-electron chi connectivity index (χ0n) is 14.5. The molecule has 4 rings (SSSR count). The van der Waals surface area contributed by atoms with Crippen molar-refractivity contribution in [1.82, 2.24) is 9.97 Å². The van der Waals surface area contributed by atoms with Crippen LogP contribution in [-0.4, -0.2) is 16.2 Å². The van der Waals surface area contributed by atoms with Crippen LogP contribution in [0, 0.1) is 11.6 Å². The average molecular weight is 382 g/mol. The Morgan fingerprint density at radius 2 is 1.48 bits per heavy atom. The Morgan fingerprint density at radius 1 is 0.889 bits per heavy atom. The van der Waals surface area contributed by atoms with Gasteiger partial charge < -0.3 is 9.97 Å². The number of nitrogens with one attached hydrogen (secondary N) is 2. The fourth-order valence-electron chi connectivity index (χ4n) is 3.16. The largest absolute Gasteiger partial charge is 0.323 e. The van der Waals surface area contributed by atoms with Crippen molar-refractivity contribution in [2.45, 2.75) is 5.75 Å². The van der Waals surface area contributed by atoms with Crippen molar-refractivity contribution in [2.24, 2.45) is 0 Å². The van der Waals surface area contributed by atoms with E-state index < -0.39 is 17.3 Å². The van der Waals surface area contributed by atoms with Gasteiger partial charge in [-0.2, -0.15) is 11.8 Å². The molecule has 0 atom stereocenters. The molecular formula is C21H16F2N2OS. The van der Waals surface area contributed by atoms with Crippen LogP contribution in [0.5, 0.6) is 0 Å². The van der Waals surface area contributed by atoms with Crippen molar-refractivity contribution in [2.75, 3.05) is 6.26 Å². The van der Waals surface area contributed by atoms with Gasteiger partial charge in [-0.25, -0.2) is 13.6 Å². The van der Waals surface area contributed by atoms with Gasteiger partial charge in [-0.3, -0.25) is 0 Å². The Hall–Kier alpha value is -2.86. The van der Waals surface area contributed by atoms with Crippen LogP contribution in [-0.2, 0) is 5.75 Å². The minimum atomic E-state index is -0.780. The van der Waals surface area contributed by atoms with E-state index in [-0.39, 0.29) is 16.6 Å². The molecule has 1 aromatic heterocycles. The maximum atomic E-state index is 14.7. The summed E-state index contributed by atoms with van der Waals surface area (Å²) in [7, 11) is 0. The van der Waals surface area contributed by atoms with Gasteiger partial charge in [0.1, 0.15) is 11.3 Å². The van der Waals surface area contributed by atoms with Crippen LogP contribution in [0.4, 0.5) is 8.78 Å². The number of imidazole rings is 1. The quantitative estimate of drug-likeness (QED) is 0.501. The van der Waals surface area contributed by atoms with Gasteiger partial charge in [-0.15, -0.1) is 0 Å². The molecular weight excluding hydrogens is 366 g/mol. The molecule has 0 fully saturated rings. The molecule has 0 amide bonds. The van der Waals surface area contributed by atoms with Gasteiger partial charge in [-0.05, 0) is 28.5 Å². The normalized spacial score (nSPS) is 11.2. The van der Waals surface area contributed by atoms with Gasteiger partial charge in [0, 0.05) is 11.8 Å². The first-order valence-electron chi connectivity index (χ1n) is 8.35. The number of aromatic nitrogens is 2. The summed E-state index contributed by atoms with van der Waals surface area (Å²) >= 11 is 1.77. The van der Waals surface area contributed by atoms with Crippen molar-refractivity contribution in [3.05, 3.63) is 82.3 Å². The maximum absolute atomic E-state index is 14.7. The lowest BCUT2D eigenvalue weighted by molar-refractivity contribution is 0.597. The molecule has 3 aromatic carbocycles. The lowest BCUT2D eigenvalue weighted by atomic mass is 9.98. The Balaban J connectivity index is 1.72. The summed E-state index contributed by atoms with van der Waals surface area (Å²) in [4.78, 5) is 16.1. The van der Waals surface area contributed by atoms with Crippen LogP contribution in [0.15, 0.2) is 59.4 Å². The number of aromatic amines is 2. The molecule has 0 saturated carbocycles. The van der Waals surface area contributed by atoms with Crippen molar-refractivity contribution in [3.63, 3.8) is 0 Å². The van der Waals surface area contributed by atoms with Gasteiger partial charge in [0.15, 0.2) is 5.82 Å². The van der Waals surface area contributed by atoms with Crippen LogP contribution in [0.25, 0.3) is 33.3 Å². The molecule has 4 aromatic rings. The van der Waals surface area contributed by atoms with E-state index in [1.54, 1.807) is 23.9 Å². The molecule has 3 nitrogen and oxygen atoms in total. The van der Waals surface area contributed by atoms with Crippen LogP contribution >= 0.6 is 11.8 Å². The van der Waals surface area contributed by atoms with Crippen molar-refractivity contribution in [1.29, 1.82) is 0 Å². The number of halogens is 2. The minimum absolute atomic E-state index is 0.0233. The zero-order valence-corrected chi connectivity index (χ0v) is 15.3. The molecule has 0 aliphatic carbocycles. The molecule has 2 N–H and O–H groups in total. The third-order valence-electron chi connectivity index (χ3n) is 4.48. The second-order valence-electron chi connectivity index (χ2n) is 6.26. The Bertz CT molecular complexity index is 1160. The molecule has 0 saturated heterocycles. The van der Waals surface area contributed by atoms with Crippen molar-refractivity contribution >= 4 is 22.8 Å². The van der Waals surface area contributed by atoms with E-state index in [4.69, 9.17) is 0 Å². The summed E-state index contributed by atoms with van der Waals surface area (Å²) in [5.74, 6) is -0.538. The summed E-state index contributed by atoms with van der Waals surface area (Å²) < 4.78 is 29.2. The highest BCUT2D eigenvalue weighted by Gasteiger charge is 2.17. The Morgan fingerprint density at radius 3 is 2.11 bits per heavy atom. The Kier molecular flexibility index (Phi) is 4.58. The predicted octanol–water partition coefficient (Wildman–Crippen LogP) is 5.33. The van der Waals surface area contributed by atoms with E-state index in [2.05, 4.69) is 28.4 Å². The number of benzene rings is 3. The second kappa shape index (κ2) is 7.04. The molecule has 27 heavy (non-hydrogen) atoms. The maximum Gasteiger partial charge on any atom is 0.323 e. The Labute approximate surface area is 158 Å². The molecule has 0 aliphatic rings. The lowest BCUT2D eigenvalue weighted by Gasteiger charge is -2.08. The highest BCUT2D eigenvalue weighted by molar-refractivity contribution is 7.97.